The van der Waals surface area contributed by atoms with Crippen molar-refractivity contribution in [1.82, 2.24) is 4.98 Å². The Morgan fingerprint density at radius 1 is 0.826 bits per heavy atom. The molecule has 0 unspecified atom stereocenters. The lowest BCUT2D eigenvalue weighted by atomic mass is 10.0. The van der Waals surface area contributed by atoms with Gasteiger partial charge in [0.1, 0.15) is 0 Å². The maximum absolute atomic E-state index is 5.39. The highest BCUT2D eigenvalue weighted by molar-refractivity contribution is 9.10. The maximum Gasteiger partial charge on any atom is 0.161 e. The van der Waals surface area contributed by atoms with E-state index in [-0.39, 0.29) is 0 Å². The molecular weight excluding hydrogens is 354 g/mol. The van der Waals surface area contributed by atoms with Crippen LogP contribution in [0, 0.1) is 0 Å². The molecule has 3 nitrogen and oxygen atoms in total. The van der Waals surface area contributed by atoms with Gasteiger partial charge in [0.05, 0.1) is 19.9 Å². The third kappa shape index (κ3) is 3.22. The molecule has 3 rings (SSSR count). The summed E-state index contributed by atoms with van der Waals surface area (Å²) in [5.74, 6) is 1.41. The van der Waals surface area contributed by atoms with Crippen molar-refractivity contribution in [3.63, 3.8) is 0 Å². The minimum Gasteiger partial charge on any atom is -0.493 e. The van der Waals surface area contributed by atoms with E-state index in [1.54, 1.807) is 20.4 Å². The van der Waals surface area contributed by atoms with Gasteiger partial charge in [-0.2, -0.15) is 0 Å². The molecule has 2 aromatic carbocycles. The standard InChI is InChI=1S/C19H16BrNO2/c1-22-18-11-15(16(20)12-19(18)23-2)13-6-8-14(9-7-13)17-5-3-4-10-21-17/h3-12H,1-2H3. The highest BCUT2D eigenvalue weighted by atomic mass is 79.9. The van der Waals surface area contributed by atoms with Crippen molar-refractivity contribution in [2.75, 3.05) is 14.2 Å². The molecule has 0 amide bonds. The first kappa shape index (κ1) is 15.6. The average Bonchev–Trinajstić information content (AvgIpc) is 2.62. The first-order valence-electron chi connectivity index (χ1n) is 7.16. The van der Waals surface area contributed by atoms with Crippen molar-refractivity contribution in [1.29, 1.82) is 0 Å². The zero-order valence-corrected chi connectivity index (χ0v) is 14.5. The van der Waals surface area contributed by atoms with Gasteiger partial charge in [-0.05, 0) is 35.4 Å². The van der Waals surface area contributed by atoms with Crippen molar-refractivity contribution in [2.24, 2.45) is 0 Å². The normalized spacial score (nSPS) is 10.4. The van der Waals surface area contributed by atoms with Gasteiger partial charge in [-0.1, -0.05) is 46.3 Å². The molecule has 116 valence electrons. The van der Waals surface area contributed by atoms with E-state index >= 15 is 0 Å². The van der Waals surface area contributed by atoms with Crippen LogP contribution in [0.3, 0.4) is 0 Å². The van der Waals surface area contributed by atoms with E-state index in [1.165, 1.54) is 0 Å². The van der Waals surface area contributed by atoms with E-state index in [9.17, 15) is 0 Å². The van der Waals surface area contributed by atoms with Crippen LogP contribution >= 0.6 is 15.9 Å². The van der Waals surface area contributed by atoms with Crippen LogP contribution in [0.15, 0.2) is 65.3 Å². The number of halogens is 1. The van der Waals surface area contributed by atoms with Crippen LogP contribution in [-0.2, 0) is 0 Å². The Morgan fingerprint density at radius 3 is 2.09 bits per heavy atom. The van der Waals surface area contributed by atoms with Crippen LogP contribution in [0.25, 0.3) is 22.4 Å². The molecule has 0 saturated carbocycles. The Hall–Kier alpha value is -2.33. The number of methoxy groups -OCH3 is 2. The summed E-state index contributed by atoms with van der Waals surface area (Å²) in [6.07, 6.45) is 1.80. The first-order valence-corrected chi connectivity index (χ1v) is 7.95. The van der Waals surface area contributed by atoms with Crippen LogP contribution < -0.4 is 9.47 Å². The fourth-order valence-electron chi connectivity index (χ4n) is 2.43. The Bertz CT molecular complexity index is 802. The summed E-state index contributed by atoms with van der Waals surface area (Å²) in [6.45, 7) is 0. The number of rotatable bonds is 4. The summed E-state index contributed by atoms with van der Waals surface area (Å²) in [4.78, 5) is 4.37. The predicted octanol–water partition coefficient (Wildman–Crippen LogP) is 5.20. The molecule has 1 aromatic heterocycles. The summed E-state index contributed by atoms with van der Waals surface area (Å²) in [5.41, 5.74) is 4.20. The monoisotopic (exact) mass is 369 g/mol. The van der Waals surface area contributed by atoms with Gasteiger partial charge in [0.25, 0.3) is 0 Å². The van der Waals surface area contributed by atoms with E-state index in [0.29, 0.717) is 11.5 Å². The molecule has 0 aliphatic carbocycles. The molecule has 0 radical (unpaired) electrons. The molecule has 1 heterocycles. The highest BCUT2D eigenvalue weighted by Gasteiger charge is 2.11. The Labute approximate surface area is 144 Å². The predicted molar refractivity (Wildman–Crippen MR) is 95.9 cm³/mol. The Kier molecular flexibility index (Phi) is 4.63. The van der Waals surface area contributed by atoms with Gasteiger partial charge in [-0.25, -0.2) is 0 Å². The molecule has 0 fully saturated rings. The second-order valence-corrected chi connectivity index (χ2v) is 5.83. The van der Waals surface area contributed by atoms with Gasteiger partial charge >= 0.3 is 0 Å². The van der Waals surface area contributed by atoms with E-state index in [1.807, 2.05) is 30.3 Å². The number of hydrogen-bond acceptors (Lipinski definition) is 3. The highest BCUT2D eigenvalue weighted by Crippen LogP contribution is 2.38. The summed E-state index contributed by atoms with van der Waals surface area (Å²) in [6, 6.07) is 18.1. The summed E-state index contributed by atoms with van der Waals surface area (Å²) in [7, 11) is 3.27. The lowest BCUT2D eigenvalue weighted by Gasteiger charge is -2.12. The molecule has 4 heteroatoms. The summed E-state index contributed by atoms with van der Waals surface area (Å²) in [5, 5.41) is 0. The fraction of sp³-hybridized carbons (Fsp3) is 0.105. The average molecular weight is 370 g/mol. The number of pyridine rings is 1. The number of hydrogen-bond donors (Lipinski definition) is 0. The molecular formula is C19H16BrNO2. The topological polar surface area (TPSA) is 31.4 Å². The number of benzene rings is 2. The SMILES string of the molecule is COc1cc(Br)c(-c2ccc(-c3ccccn3)cc2)cc1OC. The molecule has 0 spiro atoms. The minimum absolute atomic E-state index is 0.702. The Morgan fingerprint density at radius 2 is 1.48 bits per heavy atom. The van der Waals surface area contributed by atoms with Crippen molar-refractivity contribution in [3.8, 4) is 33.9 Å². The van der Waals surface area contributed by atoms with E-state index in [4.69, 9.17) is 9.47 Å². The quantitative estimate of drug-likeness (QED) is 0.633. The molecule has 23 heavy (non-hydrogen) atoms. The first-order chi connectivity index (χ1) is 11.2. The summed E-state index contributed by atoms with van der Waals surface area (Å²) < 4.78 is 11.7. The van der Waals surface area contributed by atoms with E-state index < -0.39 is 0 Å². The third-order valence-corrected chi connectivity index (χ3v) is 4.29. The zero-order valence-electron chi connectivity index (χ0n) is 12.9. The minimum atomic E-state index is 0.702. The molecule has 3 aromatic rings. The van der Waals surface area contributed by atoms with Crippen LogP contribution in [0.4, 0.5) is 0 Å². The van der Waals surface area contributed by atoms with Crippen molar-refractivity contribution in [3.05, 3.63) is 65.3 Å². The van der Waals surface area contributed by atoms with Crippen LogP contribution in [0.1, 0.15) is 0 Å². The summed E-state index contributed by atoms with van der Waals surface area (Å²) >= 11 is 3.60. The van der Waals surface area contributed by atoms with Crippen molar-refractivity contribution >= 4 is 15.9 Å². The number of ether oxygens (including phenoxy) is 2. The fourth-order valence-corrected chi connectivity index (χ4v) is 2.98. The van der Waals surface area contributed by atoms with Gasteiger partial charge in [0, 0.05) is 16.2 Å². The maximum atomic E-state index is 5.39. The van der Waals surface area contributed by atoms with Crippen LogP contribution in [0.5, 0.6) is 11.5 Å². The second-order valence-electron chi connectivity index (χ2n) is 4.98. The Balaban J connectivity index is 1.99. The molecule has 0 aliphatic heterocycles. The third-order valence-electron chi connectivity index (χ3n) is 3.63. The molecule has 0 bridgehead atoms. The molecule has 0 aliphatic rings. The lowest BCUT2D eigenvalue weighted by molar-refractivity contribution is 0.355. The second kappa shape index (κ2) is 6.84. The van der Waals surface area contributed by atoms with Crippen LogP contribution in [0.2, 0.25) is 0 Å². The van der Waals surface area contributed by atoms with Crippen molar-refractivity contribution in [2.45, 2.75) is 0 Å². The van der Waals surface area contributed by atoms with Gasteiger partial charge in [-0.3, -0.25) is 4.98 Å². The number of nitrogens with zero attached hydrogens (tertiary/aromatic N) is 1. The molecule has 0 N–H and O–H groups in total. The van der Waals surface area contributed by atoms with Crippen LogP contribution in [-0.4, -0.2) is 19.2 Å². The van der Waals surface area contributed by atoms with Gasteiger partial charge in [0.2, 0.25) is 0 Å². The van der Waals surface area contributed by atoms with Gasteiger partial charge < -0.3 is 9.47 Å². The molecule has 0 saturated heterocycles. The lowest BCUT2D eigenvalue weighted by Crippen LogP contribution is -1.92. The smallest absolute Gasteiger partial charge is 0.161 e. The number of aromatic nitrogens is 1. The largest absolute Gasteiger partial charge is 0.493 e. The van der Waals surface area contributed by atoms with E-state index in [2.05, 4.69) is 45.2 Å². The molecule has 0 atom stereocenters. The van der Waals surface area contributed by atoms with Gasteiger partial charge in [-0.15, -0.1) is 0 Å². The van der Waals surface area contributed by atoms with Gasteiger partial charge in [0.15, 0.2) is 11.5 Å². The zero-order chi connectivity index (χ0) is 16.2. The van der Waals surface area contributed by atoms with Crippen molar-refractivity contribution < 1.29 is 9.47 Å². The van der Waals surface area contributed by atoms with E-state index in [0.717, 1.165) is 26.9 Å².